The molecule has 2 heterocycles. The van der Waals surface area contributed by atoms with Crippen molar-refractivity contribution in [2.75, 3.05) is 13.2 Å². The van der Waals surface area contributed by atoms with Crippen LogP contribution >= 0.6 is 12.6 Å². The van der Waals surface area contributed by atoms with Crippen molar-refractivity contribution in [1.29, 1.82) is 0 Å². The van der Waals surface area contributed by atoms with Crippen molar-refractivity contribution in [2.24, 2.45) is 0 Å². The van der Waals surface area contributed by atoms with Crippen molar-refractivity contribution in [3.05, 3.63) is 29.8 Å². The molecule has 0 amide bonds. The summed E-state index contributed by atoms with van der Waals surface area (Å²) < 4.78 is 314. The third kappa shape index (κ3) is 17.9. The lowest BCUT2D eigenvalue weighted by molar-refractivity contribution is -0.333. The third-order valence-electron chi connectivity index (χ3n) is 6.98. The second kappa shape index (κ2) is 19.2. The van der Waals surface area contributed by atoms with E-state index in [1.165, 1.54) is 0 Å². The van der Waals surface area contributed by atoms with E-state index < -0.39 is 168 Å². The molecule has 2 fully saturated rings. The predicted molar refractivity (Wildman–Crippen MR) is 185 cm³/mol. The summed E-state index contributed by atoms with van der Waals surface area (Å²) in [5, 5.41) is 0. The minimum absolute atomic E-state index is 0.613. The average molecular weight is 1090 g/mol. The molecule has 0 unspecified atom stereocenters. The van der Waals surface area contributed by atoms with Crippen LogP contribution in [0, 0.1) is 0 Å². The van der Waals surface area contributed by atoms with Crippen LogP contribution < -0.4 is 4.18 Å². The zero-order valence-electron chi connectivity index (χ0n) is 28.7. The molecule has 362 valence electrons. The van der Waals surface area contributed by atoms with Gasteiger partial charge in [0.15, 0.2) is 23.4 Å². The molecular weight excluding hydrogens is 1060 g/mol. The largest absolute Gasteiger partial charge is 0.446 e. The first kappa shape index (κ1) is 54.6. The van der Waals surface area contributed by atoms with Crippen LogP contribution in [0.25, 0.3) is 0 Å². The summed E-state index contributed by atoms with van der Waals surface area (Å²) in [7, 11) is -47.4. The van der Waals surface area contributed by atoms with Gasteiger partial charge in [0.2, 0.25) is 0 Å². The summed E-state index contributed by atoms with van der Waals surface area (Å²) in [6.45, 7) is -3.74. The quantitative estimate of drug-likeness (QED) is 0.0411. The first-order chi connectivity index (χ1) is 27.5. The molecule has 44 heteroatoms. The monoisotopic (exact) mass is 1090 g/mol. The molecule has 8 N–H and O–H groups in total. The Bertz CT molecular complexity index is 2680. The van der Waals surface area contributed by atoms with Crippen molar-refractivity contribution in [3.63, 3.8) is 0 Å². The zero-order chi connectivity index (χ0) is 47.9. The number of hydrogen-bond donors (Lipinski definition) is 9. The van der Waals surface area contributed by atoms with Gasteiger partial charge in [-0.3, -0.25) is 36.4 Å². The van der Waals surface area contributed by atoms with E-state index in [4.69, 9.17) is 23.3 Å². The van der Waals surface area contributed by atoms with Crippen LogP contribution in [0.4, 0.5) is 0 Å². The average Bonchev–Trinajstić information content (AvgIpc) is 3.01. The lowest BCUT2D eigenvalue weighted by atomic mass is 9.90. The molecule has 0 aromatic heterocycles. The van der Waals surface area contributed by atoms with Crippen LogP contribution in [0.1, 0.15) is 5.56 Å². The van der Waals surface area contributed by atoms with Crippen molar-refractivity contribution < 1.29 is 151 Å². The molecule has 0 saturated carbocycles. The van der Waals surface area contributed by atoms with Gasteiger partial charge in [0.1, 0.15) is 42.4 Å². The van der Waals surface area contributed by atoms with Crippen LogP contribution in [-0.4, -0.2) is 172 Å². The number of thiol groups is 1. The number of ether oxygens (including phenoxy) is 3. The van der Waals surface area contributed by atoms with E-state index in [0.717, 1.165) is 0 Å². The fourth-order valence-electron chi connectivity index (χ4n) is 5.20. The Kier molecular flexibility index (Phi) is 16.9. The summed E-state index contributed by atoms with van der Waals surface area (Å²) in [5.74, 6) is -0.765. The number of rotatable bonds is 21. The Balaban J connectivity index is 2.44. The highest BCUT2D eigenvalue weighted by atomic mass is 32.3. The molecule has 35 nitrogen and oxygen atoms in total. The van der Waals surface area contributed by atoms with Gasteiger partial charge in [-0.25, -0.2) is 29.3 Å². The van der Waals surface area contributed by atoms with Gasteiger partial charge in [-0.05, 0) is 17.7 Å². The molecule has 0 spiro atoms. The van der Waals surface area contributed by atoms with Crippen molar-refractivity contribution >= 4 is 95.8 Å². The lowest BCUT2D eigenvalue weighted by Crippen LogP contribution is -2.68. The molecule has 62 heavy (non-hydrogen) atoms. The minimum Gasteiger partial charge on any atom is -0.362 e. The van der Waals surface area contributed by atoms with Crippen molar-refractivity contribution in [1.82, 2.24) is 0 Å². The smallest absolute Gasteiger partial charge is 0.362 e. The van der Waals surface area contributed by atoms with Crippen LogP contribution in [0.2, 0.25) is 0 Å². The Hall–Kier alpha value is -1.75. The van der Waals surface area contributed by atoms with E-state index in [-0.39, 0.29) is 0 Å². The molecule has 1 aromatic rings. The molecule has 2 aliphatic heterocycles. The maximum atomic E-state index is 12.3. The van der Waals surface area contributed by atoms with Crippen molar-refractivity contribution in [3.8, 4) is 5.75 Å². The van der Waals surface area contributed by atoms with Gasteiger partial charge in [0, 0.05) is 0 Å². The highest BCUT2D eigenvalue weighted by Gasteiger charge is 2.62. The summed E-state index contributed by atoms with van der Waals surface area (Å²) in [6.07, 6.45) is -28.1. The maximum absolute atomic E-state index is 12.3. The zero-order valence-corrected chi connectivity index (χ0v) is 36.2. The standard InChI is InChI=1S/C18H26O35S9/c19-55(20,21)43-5-9-12(49-58(28,29)30)13(50-59(31,32)33)15(52-61(37,38)39)17(45-9)46-11-10(6-44-56(22,23)24)47-18(54,7-1-3-8(4-2-7)48-57(25,26)27)16(53-62(40,41)42)14(11)51-60(34,35)36/h1-4,9-17,54H,5-6H2,(H,19,20,21)(H,22,23,24)(H,25,26,27)(H,28,29,30)(H,31,32,33)(H,34,35,36)(H,37,38,39)(H,40,41,42)/t9-,10-,11-,12-,13+,14+,15-,16-,17-,18+/m1/s1. The fraction of sp³-hybridized carbons (Fsp3) is 0.667. The SMILES string of the molecule is O=S(=O)(O)OC[C@H]1O[C@H](O[C@H]2[C@H](OS(=O)(=O)O)[C@@H](OS(=O)(=O)O)[C@@](S)(c3ccc(OS(=O)(=O)O)cc3)O[C@@H]2COS(=O)(=O)O)[C@H](OS(=O)(=O)O)[C@@H](OS(=O)(=O)O)[C@@H]1OS(=O)(=O)O. The first-order valence-corrected chi connectivity index (χ1v) is 25.9. The third-order valence-corrected chi connectivity index (χ3v) is 11.2. The first-order valence-electron chi connectivity index (χ1n) is 14.5. The van der Waals surface area contributed by atoms with E-state index in [9.17, 15) is 94.7 Å². The van der Waals surface area contributed by atoms with Gasteiger partial charge in [0.05, 0.1) is 13.2 Å². The highest BCUT2D eigenvalue weighted by molar-refractivity contribution is 7.83. The summed E-state index contributed by atoms with van der Waals surface area (Å²) in [6, 6.07) is 2.49. The molecule has 0 aliphatic carbocycles. The fourth-order valence-corrected chi connectivity index (χ4v) is 9.21. The summed E-state index contributed by atoms with van der Waals surface area (Å²) in [5.41, 5.74) is -0.743. The Morgan fingerprint density at radius 1 is 0.484 bits per heavy atom. The van der Waals surface area contributed by atoms with Gasteiger partial charge >= 0.3 is 83.2 Å². The van der Waals surface area contributed by atoms with E-state index in [2.05, 4.69) is 46.1 Å². The van der Waals surface area contributed by atoms with E-state index in [1.54, 1.807) is 0 Å². The molecular formula is C18H26O35S9. The van der Waals surface area contributed by atoms with Crippen LogP contribution in [0.5, 0.6) is 5.75 Å². The lowest BCUT2D eigenvalue weighted by Gasteiger charge is -2.51. The molecule has 10 atom stereocenters. The normalized spacial score (nSPS) is 29.9. The van der Waals surface area contributed by atoms with Gasteiger partial charge in [-0.2, -0.15) is 67.3 Å². The summed E-state index contributed by atoms with van der Waals surface area (Å²) >= 11 is 4.07. The van der Waals surface area contributed by atoms with E-state index in [1.807, 2.05) is 0 Å². The predicted octanol–water partition coefficient (Wildman–Crippen LogP) is -4.96. The molecule has 0 bridgehead atoms. The Morgan fingerprint density at radius 2 is 0.887 bits per heavy atom. The number of benzene rings is 1. The van der Waals surface area contributed by atoms with Crippen LogP contribution in [-0.2, 0) is 132 Å². The molecule has 3 rings (SSSR count). The Labute approximate surface area is 354 Å². The van der Waals surface area contributed by atoms with Crippen LogP contribution in [0.3, 0.4) is 0 Å². The molecule has 2 saturated heterocycles. The molecule has 1 aromatic carbocycles. The second-order valence-electron chi connectivity index (χ2n) is 11.4. The van der Waals surface area contributed by atoms with Gasteiger partial charge < -0.3 is 18.4 Å². The van der Waals surface area contributed by atoms with E-state index in [0.29, 0.717) is 24.3 Å². The molecule has 0 radical (unpaired) electrons. The van der Waals surface area contributed by atoms with Crippen LogP contribution in [0.15, 0.2) is 24.3 Å². The maximum Gasteiger partial charge on any atom is 0.446 e. The topological polar surface area (TPSA) is 536 Å². The van der Waals surface area contributed by atoms with Gasteiger partial charge in [0.25, 0.3) is 0 Å². The van der Waals surface area contributed by atoms with Gasteiger partial charge in [-0.15, -0.1) is 12.6 Å². The molecule has 2 aliphatic rings. The summed E-state index contributed by atoms with van der Waals surface area (Å²) in [4.78, 5) is -3.19. The van der Waals surface area contributed by atoms with Gasteiger partial charge in [-0.1, -0.05) is 12.1 Å². The number of hydrogen-bond acceptors (Lipinski definition) is 28. The van der Waals surface area contributed by atoms with E-state index >= 15 is 0 Å². The minimum atomic E-state index is -6.20. The van der Waals surface area contributed by atoms with Crippen molar-refractivity contribution in [2.45, 2.75) is 60.1 Å². The highest BCUT2D eigenvalue weighted by Crippen LogP contribution is 2.47. The Morgan fingerprint density at radius 3 is 1.31 bits per heavy atom. The second-order valence-corrected chi connectivity index (χ2v) is 20.5.